The number of rotatable bonds is 3. The number of fused-ring (bicyclic) bond motifs is 3. The van der Waals surface area contributed by atoms with Crippen molar-refractivity contribution in [2.45, 2.75) is 19.4 Å². The highest BCUT2D eigenvalue weighted by atomic mass is 32.1. The van der Waals surface area contributed by atoms with Crippen LogP contribution in [-0.4, -0.2) is 27.6 Å². The lowest BCUT2D eigenvalue weighted by molar-refractivity contribution is 0.0790. The Kier molecular flexibility index (Phi) is 3.73. The van der Waals surface area contributed by atoms with Gasteiger partial charge in [-0.05, 0) is 35.6 Å². The number of aryl methyl sites for hydroxylation is 3. The molecule has 2 aromatic heterocycles. The highest BCUT2D eigenvalue weighted by molar-refractivity contribution is 7.17. The minimum absolute atomic E-state index is 0.0794. The van der Waals surface area contributed by atoms with Crippen molar-refractivity contribution >= 4 is 17.2 Å². The van der Waals surface area contributed by atoms with E-state index in [1.165, 1.54) is 21.6 Å². The minimum Gasteiger partial charge on any atom is -0.337 e. The lowest BCUT2D eigenvalue weighted by Gasteiger charge is -2.15. The molecule has 4 rings (SSSR count). The number of hydrogen-bond donors (Lipinski definition) is 0. The zero-order valence-electron chi connectivity index (χ0n) is 13.8. The molecular weight excluding hydrogens is 318 g/mol. The first kappa shape index (κ1) is 15.1. The van der Waals surface area contributed by atoms with Crippen molar-refractivity contribution in [3.63, 3.8) is 0 Å². The van der Waals surface area contributed by atoms with Gasteiger partial charge in [0.25, 0.3) is 5.91 Å². The van der Waals surface area contributed by atoms with Gasteiger partial charge >= 0.3 is 0 Å². The van der Waals surface area contributed by atoms with E-state index in [1.54, 1.807) is 27.1 Å². The summed E-state index contributed by atoms with van der Waals surface area (Å²) in [6.45, 7) is 0.575. The molecule has 1 amide bonds. The molecular formula is C19H19N3OS. The summed E-state index contributed by atoms with van der Waals surface area (Å²) in [5.74, 6) is 0.0794. The summed E-state index contributed by atoms with van der Waals surface area (Å²) in [5.41, 5.74) is 5.02. The van der Waals surface area contributed by atoms with Crippen LogP contribution >= 0.6 is 11.3 Å². The number of benzene rings is 1. The lowest BCUT2D eigenvalue weighted by Crippen LogP contribution is -2.25. The van der Waals surface area contributed by atoms with Gasteiger partial charge in [0.1, 0.15) is 0 Å². The maximum absolute atomic E-state index is 12.8. The molecule has 0 atom stereocenters. The maximum Gasteiger partial charge on any atom is 0.263 e. The van der Waals surface area contributed by atoms with E-state index in [1.807, 2.05) is 20.3 Å². The van der Waals surface area contributed by atoms with Crippen LogP contribution in [0.15, 0.2) is 42.7 Å². The van der Waals surface area contributed by atoms with E-state index in [9.17, 15) is 4.79 Å². The summed E-state index contributed by atoms with van der Waals surface area (Å²) in [7, 11) is 3.73. The number of thiophene rings is 1. The fraction of sp³-hybridized carbons (Fsp3) is 0.263. The van der Waals surface area contributed by atoms with Crippen LogP contribution in [0.2, 0.25) is 0 Å². The molecule has 0 N–H and O–H groups in total. The molecule has 0 fully saturated rings. The Labute approximate surface area is 145 Å². The summed E-state index contributed by atoms with van der Waals surface area (Å²) in [4.78, 5) is 16.6. The SMILES string of the molecule is CN(Cc1cnn(C)c1)C(=O)c1cc2c(s1)-c1ccccc1CC2. The fourth-order valence-electron chi connectivity index (χ4n) is 3.26. The van der Waals surface area contributed by atoms with Gasteiger partial charge in [0, 0.05) is 37.3 Å². The van der Waals surface area contributed by atoms with Crippen LogP contribution in [0, 0.1) is 0 Å². The highest BCUT2D eigenvalue weighted by Gasteiger charge is 2.23. The third-order valence-corrected chi connectivity index (χ3v) is 5.67. The first-order chi connectivity index (χ1) is 11.6. The highest BCUT2D eigenvalue weighted by Crippen LogP contribution is 2.39. The van der Waals surface area contributed by atoms with Gasteiger partial charge in [-0.15, -0.1) is 11.3 Å². The Balaban J connectivity index is 1.59. The Morgan fingerprint density at radius 1 is 1.29 bits per heavy atom. The van der Waals surface area contributed by atoms with Crippen molar-refractivity contribution in [2.75, 3.05) is 7.05 Å². The predicted octanol–water partition coefficient (Wildman–Crippen LogP) is 3.52. The molecule has 24 heavy (non-hydrogen) atoms. The average Bonchev–Trinajstić information content (AvgIpc) is 3.20. The van der Waals surface area contributed by atoms with Gasteiger partial charge in [0.15, 0.2) is 0 Å². The van der Waals surface area contributed by atoms with E-state index < -0.39 is 0 Å². The summed E-state index contributed by atoms with van der Waals surface area (Å²) < 4.78 is 1.76. The number of carbonyl (C=O) groups excluding carboxylic acids is 1. The second-order valence-electron chi connectivity index (χ2n) is 6.31. The molecule has 0 spiro atoms. The molecule has 122 valence electrons. The molecule has 4 nitrogen and oxygen atoms in total. The number of nitrogens with zero attached hydrogens (tertiary/aromatic N) is 3. The van der Waals surface area contributed by atoms with E-state index in [4.69, 9.17) is 0 Å². The lowest BCUT2D eigenvalue weighted by atomic mass is 9.91. The van der Waals surface area contributed by atoms with Crippen LogP contribution in [0.4, 0.5) is 0 Å². The van der Waals surface area contributed by atoms with Crippen molar-refractivity contribution in [1.82, 2.24) is 14.7 Å². The topological polar surface area (TPSA) is 38.1 Å². The Morgan fingerprint density at radius 2 is 2.08 bits per heavy atom. The van der Waals surface area contributed by atoms with E-state index in [2.05, 4.69) is 35.4 Å². The summed E-state index contributed by atoms with van der Waals surface area (Å²) >= 11 is 1.62. The third-order valence-electron chi connectivity index (χ3n) is 4.47. The van der Waals surface area contributed by atoms with Gasteiger partial charge in [-0.1, -0.05) is 24.3 Å². The van der Waals surface area contributed by atoms with Crippen LogP contribution in [0.1, 0.15) is 26.4 Å². The largest absolute Gasteiger partial charge is 0.337 e. The molecule has 1 aliphatic carbocycles. The van der Waals surface area contributed by atoms with Gasteiger partial charge in [-0.3, -0.25) is 9.48 Å². The Hall–Kier alpha value is -2.40. The molecule has 1 aliphatic rings. The minimum atomic E-state index is 0.0794. The zero-order valence-corrected chi connectivity index (χ0v) is 14.6. The molecule has 2 heterocycles. The first-order valence-corrected chi connectivity index (χ1v) is 8.87. The standard InChI is InChI=1S/C19H19N3OS/c1-21(11-13-10-20-22(2)12-13)19(23)17-9-15-8-7-14-5-3-4-6-16(14)18(15)24-17/h3-6,9-10,12H,7-8,11H2,1-2H3. The van der Waals surface area contributed by atoms with Crippen molar-refractivity contribution in [2.24, 2.45) is 7.05 Å². The van der Waals surface area contributed by atoms with E-state index >= 15 is 0 Å². The number of carbonyl (C=O) groups is 1. The third kappa shape index (κ3) is 2.65. The molecule has 0 saturated heterocycles. The van der Waals surface area contributed by atoms with Gasteiger partial charge in [0.05, 0.1) is 11.1 Å². The fourth-order valence-corrected chi connectivity index (χ4v) is 4.53. The van der Waals surface area contributed by atoms with Gasteiger partial charge in [0.2, 0.25) is 0 Å². The first-order valence-electron chi connectivity index (χ1n) is 8.06. The molecule has 0 aliphatic heterocycles. The number of aromatic nitrogens is 2. The second kappa shape index (κ2) is 5.91. The monoisotopic (exact) mass is 337 g/mol. The molecule has 5 heteroatoms. The van der Waals surface area contributed by atoms with Crippen molar-refractivity contribution in [1.29, 1.82) is 0 Å². The van der Waals surface area contributed by atoms with E-state index in [0.29, 0.717) is 6.54 Å². The van der Waals surface area contributed by atoms with E-state index in [0.717, 1.165) is 23.3 Å². The van der Waals surface area contributed by atoms with Crippen molar-refractivity contribution in [3.8, 4) is 10.4 Å². The van der Waals surface area contributed by atoms with Gasteiger partial charge in [-0.25, -0.2) is 0 Å². The molecule has 3 aromatic rings. The van der Waals surface area contributed by atoms with Crippen LogP contribution < -0.4 is 0 Å². The van der Waals surface area contributed by atoms with Crippen LogP contribution in [0.25, 0.3) is 10.4 Å². The molecule has 0 unspecified atom stereocenters. The summed E-state index contributed by atoms with van der Waals surface area (Å²) in [5, 5.41) is 4.16. The second-order valence-corrected chi connectivity index (χ2v) is 7.36. The summed E-state index contributed by atoms with van der Waals surface area (Å²) in [6, 6.07) is 10.6. The average molecular weight is 337 g/mol. The van der Waals surface area contributed by atoms with Crippen LogP contribution in [0.5, 0.6) is 0 Å². The normalized spacial score (nSPS) is 12.6. The molecule has 0 bridgehead atoms. The molecule has 0 radical (unpaired) electrons. The van der Waals surface area contributed by atoms with Crippen LogP contribution in [-0.2, 0) is 26.4 Å². The zero-order chi connectivity index (χ0) is 16.7. The molecule has 1 aromatic carbocycles. The van der Waals surface area contributed by atoms with Crippen LogP contribution in [0.3, 0.4) is 0 Å². The number of hydrogen-bond acceptors (Lipinski definition) is 3. The number of amides is 1. The van der Waals surface area contributed by atoms with Gasteiger partial charge in [-0.2, -0.15) is 5.10 Å². The van der Waals surface area contributed by atoms with Gasteiger partial charge < -0.3 is 4.90 Å². The Bertz CT molecular complexity index is 909. The predicted molar refractivity (Wildman–Crippen MR) is 96.2 cm³/mol. The summed E-state index contributed by atoms with van der Waals surface area (Å²) in [6.07, 6.45) is 5.82. The maximum atomic E-state index is 12.8. The molecule has 0 saturated carbocycles. The Morgan fingerprint density at radius 3 is 2.88 bits per heavy atom. The van der Waals surface area contributed by atoms with E-state index in [-0.39, 0.29) is 5.91 Å². The van der Waals surface area contributed by atoms with Crippen molar-refractivity contribution in [3.05, 3.63) is 64.3 Å². The smallest absolute Gasteiger partial charge is 0.263 e. The van der Waals surface area contributed by atoms with Crippen molar-refractivity contribution < 1.29 is 4.79 Å². The quantitative estimate of drug-likeness (QED) is 0.733.